The summed E-state index contributed by atoms with van der Waals surface area (Å²) < 4.78 is 5.20. The first-order valence-electron chi connectivity index (χ1n) is 3.09. The number of rotatable bonds is 2. The molecule has 0 atom stereocenters. The highest BCUT2D eigenvalue weighted by Gasteiger charge is 1.91. The fraction of sp³-hybridized carbons (Fsp3) is 0.286. The van der Waals surface area contributed by atoms with E-state index in [1.54, 1.807) is 13.3 Å². The normalized spacial score (nSPS) is 10.6. The minimum absolute atomic E-state index is 0.770. The van der Waals surface area contributed by atoms with Crippen molar-refractivity contribution < 1.29 is 4.42 Å². The Morgan fingerprint density at radius 1 is 1.60 bits per heavy atom. The third-order valence-electron chi connectivity index (χ3n) is 1.08. The van der Waals surface area contributed by atoms with Crippen LogP contribution in [-0.4, -0.2) is 13.3 Å². The maximum absolute atomic E-state index is 5.20. The number of aryl methyl sites for hydroxylation is 1. The number of nitrogens with zero attached hydrogens (tertiary/aromatic N) is 1. The lowest BCUT2D eigenvalue weighted by molar-refractivity contribution is 0.527. The van der Waals surface area contributed by atoms with E-state index in [1.165, 1.54) is 0 Å². The smallest absolute Gasteiger partial charge is 0.147 e. The summed E-state index contributed by atoms with van der Waals surface area (Å²) in [5, 5.41) is 3.79. The molecule has 54 valence electrons. The quantitative estimate of drug-likeness (QED) is 0.491. The number of hydrazone groups is 1. The predicted molar refractivity (Wildman–Crippen MR) is 40.1 cm³/mol. The van der Waals surface area contributed by atoms with Crippen molar-refractivity contribution in [3.05, 3.63) is 23.7 Å². The van der Waals surface area contributed by atoms with Crippen molar-refractivity contribution >= 4 is 6.21 Å². The van der Waals surface area contributed by atoms with Crippen LogP contribution in [0.1, 0.15) is 11.5 Å². The van der Waals surface area contributed by atoms with Crippen molar-refractivity contribution in [3.63, 3.8) is 0 Å². The minimum Gasteiger partial charge on any atom is -0.460 e. The highest BCUT2D eigenvalue weighted by Crippen LogP contribution is 2.02. The zero-order valence-corrected chi connectivity index (χ0v) is 6.09. The highest BCUT2D eigenvalue weighted by atomic mass is 16.3. The maximum Gasteiger partial charge on any atom is 0.147 e. The van der Waals surface area contributed by atoms with E-state index in [0.717, 1.165) is 11.5 Å². The van der Waals surface area contributed by atoms with Crippen LogP contribution >= 0.6 is 0 Å². The average molecular weight is 138 g/mol. The first kappa shape index (κ1) is 6.86. The van der Waals surface area contributed by atoms with Gasteiger partial charge in [0.25, 0.3) is 0 Å². The molecular weight excluding hydrogens is 128 g/mol. The fourth-order valence-electron chi connectivity index (χ4n) is 0.651. The molecule has 0 radical (unpaired) electrons. The van der Waals surface area contributed by atoms with Crippen LogP contribution in [-0.2, 0) is 0 Å². The minimum atomic E-state index is 0.770. The van der Waals surface area contributed by atoms with Gasteiger partial charge >= 0.3 is 0 Å². The summed E-state index contributed by atoms with van der Waals surface area (Å²) in [5.74, 6) is 1.67. The molecule has 10 heavy (non-hydrogen) atoms. The molecule has 0 aliphatic carbocycles. The summed E-state index contributed by atoms with van der Waals surface area (Å²) >= 11 is 0. The Kier molecular flexibility index (Phi) is 2.10. The van der Waals surface area contributed by atoms with E-state index in [-0.39, 0.29) is 0 Å². The van der Waals surface area contributed by atoms with E-state index >= 15 is 0 Å². The van der Waals surface area contributed by atoms with Crippen LogP contribution in [0.4, 0.5) is 0 Å². The number of furan rings is 1. The lowest BCUT2D eigenvalue weighted by Gasteiger charge is -1.84. The third kappa shape index (κ3) is 1.62. The Hall–Kier alpha value is -1.25. The van der Waals surface area contributed by atoms with Crippen LogP contribution in [0, 0.1) is 6.92 Å². The van der Waals surface area contributed by atoms with Gasteiger partial charge in [-0.05, 0) is 19.1 Å². The number of nitrogens with one attached hydrogen (secondary N) is 1. The lowest BCUT2D eigenvalue weighted by Crippen LogP contribution is -1.93. The SMILES string of the molecule is CNN=Cc1ccc(C)o1. The van der Waals surface area contributed by atoms with Crippen LogP contribution < -0.4 is 5.43 Å². The summed E-state index contributed by atoms with van der Waals surface area (Å²) in [4.78, 5) is 0. The second-order valence-corrected chi connectivity index (χ2v) is 1.93. The van der Waals surface area contributed by atoms with Gasteiger partial charge in [-0.1, -0.05) is 0 Å². The van der Waals surface area contributed by atoms with Gasteiger partial charge in [-0.25, -0.2) is 0 Å². The Bertz CT molecular complexity index is 227. The van der Waals surface area contributed by atoms with E-state index < -0.39 is 0 Å². The zero-order valence-electron chi connectivity index (χ0n) is 6.09. The molecule has 1 heterocycles. The summed E-state index contributed by atoms with van der Waals surface area (Å²) in [6.45, 7) is 1.90. The van der Waals surface area contributed by atoms with Gasteiger partial charge < -0.3 is 9.84 Å². The summed E-state index contributed by atoms with van der Waals surface area (Å²) in [6.07, 6.45) is 1.63. The van der Waals surface area contributed by atoms with Gasteiger partial charge in [0, 0.05) is 7.05 Å². The lowest BCUT2D eigenvalue weighted by atomic mass is 10.4. The van der Waals surface area contributed by atoms with Gasteiger partial charge in [-0.3, -0.25) is 0 Å². The van der Waals surface area contributed by atoms with Crippen LogP contribution in [0.15, 0.2) is 21.7 Å². The molecule has 1 rings (SSSR count). The summed E-state index contributed by atoms with van der Waals surface area (Å²) in [5.41, 5.74) is 2.63. The van der Waals surface area contributed by atoms with Gasteiger partial charge in [-0.2, -0.15) is 5.10 Å². The number of hydrogen-bond donors (Lipinski definition) is 1. The standard InChI is InChI=1S/C7H10N2O/c1-6-3-4-7(10-6)5-9-8-2/h3-5,8H,1-2H3. The van der Waals surface area contributed by atoms with Gasteiger partial charge in [0.05, 0.1) is 6.21 Å². The van der Waals surface area contributed by atoms with Crippen molar-refractivity contribution in [2.45, 2.75) is 6.92 Å². The Morgan fingerprint density at radius 2 is 2.40 bits per heavy atom. The van der Waals surface area contributed by atoms with Crippen molar-refractivity contribution in [3.8, 4) is 0 Å². The molecular formula is C7H10N2O. The molecule has 0 bridgehead atoms. The maximum atomic E-state index is 5.20. The van der Waals surface area contributed by atoms with Gasteiger partial charge in [-0.15, -0.1) is 0 Å². The topological polar surface area (TPSA) is 37.5 Å². The number of hydrogen-bond acceptors (Lipinski definition) is 3. The van der Waals surface area contributed by atoms with Gasteiger partial charge in [0.15, 0.2) is 0 Å². The summed E-state index contributed by atoms with van der Waals surface area (Å²) in [6, 6.07) is 3.77. The van der Waals surface area contributed by atoms with E-state index in [2.05, 4.69) is 10.5 Å². The van der Waals surface area contributed by atoms with Crippen LogP contribution in [0.5, 0.6) is 0 Å². The Labute approximate surface area is 59.7 Å². The Morgan fingerprint density at radius 3 is 2.90 bits per heavy atom. The Balaban J connectivity index is 2.67. The molecule has 1 aromatic heterocycles. The van der Waals surface area contributed by atoms with Crippen LogP contribution in [0.2, 0.25) is 0 Å². The molecule has 0 fully saturated rings. The predicted octanol–water partition coefficient (Wildman–Crippen LogP) is 1.14. The summed E-state index contributed by atoms with van der Waals surface area (Å²) in [7, 11) is 1.74. The van der Waals surface area contributed by atoms with E-state index in [9.17, 15) is 0 Å². The molecule has 3 heteroatoms. The van der Waals surface area contributed by atoms with Crippen molar-refractivity contribution in [2.75, 3.05) is 7.05 Å². The van der Waals surface area contributed by atoms with E-state index in [4.69, 9.17) is 4.42 Å². The van der Waals surface area contributed by atoms with E-state index in [0.29, 0.717) is 0 Å². The second-order valence-electron chi connectivity index (χ2n) is 1.93. The average Bonchev–Trinajstić information content (AvgIpc) is 2.31. The van der Waals surface area contributed by atoms with Crippen molar-refractivity contribution in [1.29, 1.82) is 0 Å². The van der Waals surface area contributed by atoms with Crippen molar-refractivity contribution in [1.82, 2.24) is 5.43 Å². The van der Waals surface area contributed by atoms with Gasteiger partial charge in [0.2, 0.25) is 0 Å². The van der Waals surface area contributed by atoms with E-state index in [1.807, 2.05) is 19.1 Å². The molecule has 0 aliphatic rings. The molecule has 0 unspecified atom stereocenters. The fourth-order valence-corrected chi connectivity index (χ4v) is 0.651. The highest BCUT2D eigenvalue weighted by molar-refractivity contribution is 5.75. The molecule has 0 saturated heterocycles. The molecule has 0 saturated carbocycles. The monoisotopic (exact) mass is 138 g/mol. The third-order valence-corrected chi connectivity index (χ3v) is 1.08. The first-order chi connectivity index (χ1) is 4.83. The molecule has 1 N–H and O–H groups in total. The first-order valence-corrected chi connectivity index (χ1v) is 3.09. The van der Waals surface area contributed by atoms with Crippen LogP contribution in [0.3, 0.4) is 0 Å². The molecule has 3 nitrogen and oxygen atoms in total. The largest absolute Gasteiger partial charge is 0.460 e. The molecule has 0 aliphatic heterocycles. The zero-order chi connectivity index (χ0) is 7.40. The van der Waals surface area contributed by atoms with Gasteiger partial charge in [0.1, 0.15) is 11.5 Å². The molecule has 0 amide bonds. The van der Waals surface area contributed by atoms with Crippen molar-refractivity contribution in [2.24, 2.45) is 5.10 Å². The molecule has 0 aromatic carbocycles. The molecule has 1 aromatic rings. The van der Waals surface area contributed by atoms with Crippen LogP contribution in [0.25, 0.3) is 0 Å². The second kappa shape index (κ2) is 3.06. The molecule has 0 spiro atoms.